The molecule has 1 saturated carbocycles. The minimum absolute atomic E-state index is 0.291. The van der Waals surface area contributed by atoms with Crippen LogP contribution in [-0.4, -0.2) is 18.3 Å². The average molecular weight is 363 g/mol. The van der Waals surface area contributed by atoms with Crippen LogP contribution in [0.1, 0.15) is 85.0 Å². The minimum atomic E-state index is 0.291. The lowest BCUT2D eigenvalue weighted by Crippen LogP contribution is -2.20. The first-order chi connectivity index (χ1) is 12.7. The van der Waals surface area contributed by atoms with E-state index in [1.165, 1.54) is 57.1 Å². The molecule has 0 bridgehead atoms. The zero-order valence-electron chi connectivity index (χ0n) is 17.5. The van der Waals surface area contributed by atoms with Gasteiger partial charge in [-0.3, -0.25) is 0 Å². The number of aliphatic hydroxyl groups excluding tert-OH is 1. The molecule has 0 amide bonds. The predicted molar refractivity (Wildman–Crippen MR) is 111 cm³/mol. The molecule has 2 aliphatic rings. The topological polar surface area (TPSA) is 29.5 Å². The van der Waals surface area contributed by atoms with E-state index in [9.17, 15) is 5.11 Å². The van der Waals surface area contributed by atoms with Crippen molar-refractivity contribution in [3.63, 3.8) is 0 Å². The molecule has 0 heterocycles. The maximum atomic E-state index is 9.36. The molecule has 26 heavy (non-hydrogen) atoms. The fourth-order valence-corrected chi connectivity index (χ4v) is 4.66. The molecule has 4 atom stereocenters. The first-order valence-corrected chi connectivity index (χ1v) is 11.3. The van der Waals surface area contributed by atoms with Gasteiger partial charge in [0, 0.05) is 12.5 Å². The lowest BCUT2D eigenvalue weighted by molar-refractivity contribution is 0.118. The average Bonchev–Trinajstić information content (AvgIpc) is 2.69. The Bertz CT molecular complexity index is 433. The van der Waals surface area contributed by atoms with Crippen molar-refractivity contribution in [3.8, 4) is 0 Å². The number of allylic oxidation sites excluding steroid dienone is 3. The Morgan fingerprint density at radius 3 is 2.46 bits per heavy atom. The first-order valence-electron chi connectivity index (χ1n) is 11.3. The second-order valence-electron chi connectivity index (χ2n) is 8.71. The van der Waals surface area contributed by atoms with Crippen LogP contribution in [0.15, 0.2) is 24.0 Å². The third-order valence-corrected chi connectivity index (χ3v) is 6.55. The van der Waals surface area contributed by atoms with Crippen molar-refractivity contribution in [2.75, 3.05) is 13.2 Å². The highest BCUT2D eigenvalue weighted by Crippen LogP contribution is 2.33. The van der Waals surface area contributed by atoms with Crippen LogP contribution in [0.2, 0.25) is 0 Å². The number of hydrogen-bond acceptors (Lipinski definition) is 2. The van der Waals surface area contributed by atoms with Crippen molar-refractivity contribution >= 4 is 0 Å². The fourth-order valence-electron chi connectivity index (χ4n) is 4.66. The summed E-state index contributed by atoms with van der Waals surface area (Å²) in [6, 6.07) is 0. The van der Waals surface area contributed by atoms with Gasteiger partial charge in [0.2, 0.25) is 0 Å². The van der Waals surface area contributed by atoms with Crippen molar-refractivity contribution in [3.05, 3.63) is 24.0 Å². The summed E-state index contributed by atoms with van der Waals surface area (Å²) >= 11 is 0. The van der Waals surface area contributed by atoms with E-state index in [-0.39, 0.29) is 0 Å². The zero-order chi connectivity index (χ0) is 18.8. The van der Waals surface area contributed by atoms with Crippen molar-refractivity contribution < 1.29 is 9.84 Å². The van der Waals surface area contributed by atoms with Crippen LogP contribution in [0.3, 0.4) is 0 Å². The molecule has 150 valence electrons. The van der Waals surface area contributed by atoms with E-state index >= 15 is 0 Å². The summed E-state index contributed by atoms with van der Waals surface area (Å²) in [6.45, 7) is 8.12. The van der Waals surface area contributed by atoms with Gasteiger partial charge in [-0.2, -0.15) is 0 Å². The highest BCUT2D eigenvalue weighted by atomic mass is 16.5. The maximum Gasteiger partial charge on any atom is 0.0951 e. The van der Waals surface area contributed by atoms with E-state index in [2.05, 4.69) is 39.0 Å². The van der Waals surface area contributed by atoms with Gasteiger partial charge in [0.05, 0.1) is 12.4 Å². The lowest BCUT2D eigenvalue weighted by Gasteiger charge is -2.29. The molecule has 0 aromatic heterocycles. The number of aliphatic hydroxyl groups is 1. The van der Waals surface area contributed by atoms with E-state index < -0.39 is 0 Å². The molecule has 1 fully saturated rings. The molecular weight excluding hydrogens is 320 g/mol. The van der Waals surface area contributed by atoms with Crippen molar-refractivity contribution in [1.82, 2.24) is 0 Å². The Balaban J connectivity index is 2.02. The molecule has 2 rings (SSSR count). The second kappa shape index (κ2) is 11.8. The summed E-state index contributed by atoms with van der Waals surface area (Å²) in [5.41, 5.74) is 0. The Hall–Kier alpha value is -0.760. The maximum absolute atomic E-state index is 9.36. The standard InChI is InChI=1S/C24H42O2/c1-4-9-19(3)24(26-18-21-10-7-6-8-11-21)16-22(5-2)23-14-12-20(17-25)13-15-23/h12,14,16,19-23,25H,4-11,13,15,17-18H2,1-3H3/b24-16+. The van der Waals surface area contributed by atoms with E-state index in [1.807, 2.05) is 0 Å². The molecular formula is C24H42O2. The highest BCUT2D eigenvalue weighted by Gasteiger charge is 2.23. The normalized spacial score (nSPS) is 27.3. The molecule has 0 aromatic rings. The lowest BCUT2D eigenvalue weighted by atomic mass is 9.79. The minimum Gasteiger partial charge on any atom is -0.498 e. The van der Waals surface area contributed by atoms with Crippen molar-refractivity contribution in [2.45, 2.75) is 85.0 Å². The largest absolute Gasteiger partial charge is 0.498 e. The molecule has 2 nitrogen and oxygen atoms in total. The molecule has 2 heteroatoms. The SMILES string of the molecule is CCCC(C)/C(=C\C(CC)C1C=CC(CO)CC1)OCC1CCCCC1. The third kappa shape index (κ3) is 6.76. The van der Waals surface area contributed by atoms with Gasteiger partial charge in [-0.1, -0.05) is 58.6 Å². The predicted octanol–water partition coefficient (Wildman–Crippen LogP) is 6.50. The van der Waals surface area contributed by atoms with Crippen molar-refractivity contribution in [1.29, 1.82) is 0 Å². The van der Waals surface area contributed by atoms with E-state index in [4.69, 9.17) is 4.74 Å². The molecule has 0 spiro atoms. The summed E-state index contributed by atoms with van der Waals surface area (Å²) < 4.78 is 6.46. The quantitative estimate of drug-likeness (QED) is 0.355. The monoisotopic (exact) mass is 362 g/mol. The van der Waals surface area contributed by atoms with Crippen LogP contribution in [-0.2, 0) is 4.74 Å². The van der Waals surface area contributed by atoms with Gasteiger partial charge in [0.1, 0.15) is 0 Å². The Morgan fingerprint density at radius 2 is 1.88 bits per heavy atom. The summed E-state index contributed by atoms with van der Waals surface area (Å²) in [4.78, 5) is 0. The molecule has 0 radical (unpaired) electrons. The molecule has 0 aromatic carbocycles. The second-order valence-corrected chi connectivity index (χ2v) is 8.71. The van der Waals surface area contributed by atoms with Crippen LogP contribution in [0.4, 0.5) is 0 Å². The van der Waals surface area contributed by atoms with Gasteiger partial charge >= 0.3 is 0 Å². The summed E-state index contributed by atoms with van der Waals surface area (Å²) in [7, 11) is 0. The van der Waals surface area contributed by atoms with Crippen LogP contribution >= 0.6 is 0 Å². The summed E-state index contributed by atoms with van der Waals surface area (Å²) in [5, 5.41) is 9.36. The van der Waals surface area contributed by atoms with Crippen LogP contribution in [0.25, 0.3) is 0 Å². The van der Waals surface area contributed by atoms with Gasteiger partial charge in [-0.15, -0.1) is 0 Å². The van der Waals surface area contributed by atoms with E-state index in [0.717, 1.165) is 25.4 Å². The highest BCUT2D eigenvalue weighted by molar-refractivity contribution is 5.08. The van der Waals surface area contributed by atoms with Crippen LogP contribution < -0.4 is 0 Å². The summed E-state index contributed by atoms with van der Waals surface area (Å²) in [6.07, 6.45) is 19.8. The smallest absolute Gasteiger partial charge is 0.0951 e. The Labute approximate surface area is 162 Å². The van der Waals surface area contributed by atoms with Crippen LogP contribution in [0, 0.1) is 29.6 Å². The fraction of sp³-hybridized carbons (Fsp3) is 0.833. The van der Waals surface area contributed by atoms with E-state index in [0.29, 0.717) is 30.3 Å². The third-order valence-electron chi connectivity index (χ3n) is 6.55. The van der Waals surface area contributed by atoms with Gasteiger partial charge in [0.15, 0.2) is 0 Å². The van der Waals surface area contributed by atoms with Gasteiger partial charge < -0.3 is 9.84 Å². The number of rotatable bonds is 10. The number of hydrogen-bond donors (Lipinski definition) is 1. The van der Waals surface area contributed by atoms with Crippen LogP contribution in [0.5, 0.6) is 0 Å². The van der Waals surface area contributed by atoms with Gasteiger partial charge in [-0.25, -0.2) is 0 Å². The zero-order valence-corrected chi connectivity index (χ0v) is 17.5. The molecule has 4 unspecified atom stereocenters. The number of ether oxygens (including phenoxy) is 1. The van der Waals surface area contributed by atoms with Gasteiger partial charge in [0.25, 0.3) is 0 Å². The Morgan fingerprint density at radius 1 is 1.12 bits per heavy atom. The molecule has 0 saturated heterocycles. The summed E-state index contributed by atoms with van der Waals surface area (Å²) in [5.74, 6) is 4.07. The molecule has 2 aliphatic carbocycles. The Kier molecular flexibility index (Phi) is 9.82. The van der Waals surface area contributed by atoms with E-state index in [1.54, 1.807) is 0 Å². The first kappa shape index (κ1) is 21.5. The van der Waals surface area contributed by atoms with Crippen molar-refractivity contribution in [2.24, 2.45) is 29.6 Å². The van der Waals surface area contributed by atoms with Gasteiger partial charge in [-0.05, 0) is 68.3 Å². The molecule has 0 aliphatic heterocycles. The molecule has 1 N–H and O–H groups in total.